The van der Waals surface area contributed by atoms with Gasteiger partial charge >= 0.3 is 0 Å². The van der Waals surface area contributed by atoms with Crippen LogP contribution in [0.15, 0.2) is 24.3 Å². The predicted octanol–water partition coefficient (Wildman–Crippen LogP) is 1.59. The van der Waals surface area contributed by atoms with Gasteiger partial charge in [-0.15, -0.1) is 0 Å². The number of likely N-dealkylation sites (tertiary alicyclic amines) is 1. The quantitative estimate of drug-likeness (QED) is 0.892. The summed E-state index contributed by atoms with van der Waals surface area (Å²) in [6, 6.07) is 8.45. The van der Waals surface area contributed by atoms with E-state index >= 15 is 0 Å². The molecule has 2 heterocycles. The van der Waals surface area contributed by atoms with Crippen LogP contribution in [0, 0.1) is 0 Å². The lowest BCUT2D eigenvalue weighted by Crippen LogP contribution is -2.64. The molecule has 2 N–H and O–H groups in total. The first-order valence-corrected chi connectivity index (χ1v) is 6.55. The van der Waals surface area contributed by atoms with Crippen molar-refractivity contribution >= 4 is 10.9 Å². The van der Waals surface area contributed by atoms with Gasteiger partial charge in [0.25, 0.3) is 0 Å². The molecule has 2 aromatic rings. The molecule has 1 fully saturated rings. The number of hydrogen-bond acceptors (Lipinski definition) is 3. The molecule has 0 aliphatic carbocycles. The zero-order chi connectivity index (χ0) is 12.8. The molecule has 1 saturated heterocycles. The van der Waals surface area contributed by atoms with Gasteiger partial charge < -0.3 is 5.73 Å². The standard InChI is InChI=1S/C14H20N4/c1-3-18-13-7-5-4-6-11(13)12(16-18)8-17-9-14(2,15)10-17/h4-7H,3,8-10,15H2,1-2H3. The minimum absolute atomic E-state index is 0.0108. The Morgan fingerprint density at radius 3 is 2.72 bits per heavy atom. The molecule has 4 nitrogen and oxygen atoms in total. The van der Waals surface area contributed by atoms with Gasteiger partial charge in [-0.05, 0) is 19.9 Å². The molecule has 0 bridgehead atoms. The largest absolute Gasteiger partial charge is 0.323 e. The van der Waals surface area contributed by atoms with E-state index in [4.69, 9.17) is 10.8 Å². The summed E-state index contributed by atoms with van der Waals surface area (Å²) in [6.45, 7) is 7.96. The molecule has 1 aromatic heterocycles. The Labute approximate surface area is 107 Å². The van der Waals surface area contributed by atoms with E-state index in [9.17, 15) is 0 Å². The number of aryl methyl sites for hydroxylation is 1. The third kappa shape index (κ3) is 1.91. The van der Waals surface area contributed by atoms with Gasteiger partial charge in [-0.3, -0.25) is 9.58 Å². The average molecular weight is 244 g/mol. The van der Waals surface area contributed by atoms with Gasteiger partial charge in [0, 0.05) is 37.1 Å². The van der Waals surface area contributed by atoms with Crippen molar-refractivity contribution in [2.75, 3.05) is 13.1 Å². The second-order valence-electron chi connectivity index (χ2n) is 5.58. The highest BCUT2D eigenvalue weighted by Gasteiger charge is 2.35. The highest BCUT2D eigenvalue weighted by molar-refractivity contribution is 5.81. The molecule has 96 valence electrons. The smallest absolute Gasteiger partial charge is 0.0843 e. The van der Waals surface area contributed by atoms with Crippen LogP contribution in [0.3, 0.4) is 0 Å². The van der Waals surface area contributed by atoms with Crippen molar-refractivity contribution in [2.24, 2.45) is 5.73 Å². The fraction of sp³-hybridized carbons (Fsp3) is 0.500. The van der Waals surface area contributed by atoms with E-state index in [0.717, 1.165) is 26.2 Å². The number of aromatic nitrogens is 2. The normalized spacial score (nSPS) is 19.1. The van der Waals surface area contributed by atoms with Crippen molar-refractivity contribution < 1.29 is 0 Å². The molecule has 3 rings (SSSR count). The second kappa shape index (κ2) is 4.07. The molecule has 4 heteroatoms. The Morgan fingerprint density at radius 2 is 2.06 bits per heavy atom. The molecule has 18 heavy (non-hydrogen) atoms. The van der Waals surface area contributed by atoms with Gasteiger partial charge in [-0.2, -0.15) is 5.10 Å². The number of para-hydroxylation sites is 1. The zero-order valence-electron chi connectivity index (χ0n) is 11.1. The van der Waals surface area contributed by atoms with E-state index in [-0.39, 0.29) is 5.54 Å². The number of nitrogens with two attached hydrogens (primary N) is 1. The molecular weight excluding hydrogens is 224 g/mol. The molecule has 0 saturated carbocycles. The van der Waals surface area contributed by atoms with Crippen LogP contribution < -0.4 is 5.73 Å². The van der Waals surface area contributed by atoms with E-state index < -0.39 is 0 Å². The summed E-state index contributed by atoms with van der Waals surface area (Å²) in [6.07, 6.45) is 0. The molecule has 1 aromatic carbocycles. The molecule has 1 aliphatic rings. The zero-order valence-corrected chi connectivity index (χ0v) is 11.1. The van der Waals surface area contributed by atoms with E-state index in [1.807, 2.05) is 0 Å². The number of fused-ring (bicyclic) bond motifs is 1. The molecule has 0 radical (unpaired) electrons. The number of hydrogen-bond donors (Lipinski definition) is 1. The van der Waals surface area contributed by atoms with Crippen LogP contribution in [0.1, 0.15) is 19.5 Å². The summed E-state index contributed by atoms with van der Waals surface area (Å²) >= 11 is 0. The molecule has 0 spiro atoms. The first-order chi connectivity index (χ1) is 8.59. The van der Waals surface area contributed by atoms with Gasteiger partial charge in [0.15, 0.2) is 0 Å². The lowest BCUT2D eigenvalue weighted by atomic mass is 9.93. The van der Waals surface area contributed by atoms with Crippen LogP contribution in [0.4, 0.5) is 0 Å². The van der Waals surface area contributed by atoms with Gasteiger partial charge in [-0.25, -0.2) is 0 Å². The summed E-state index contributed by atoms with van der Waals surface area (Å²) in [5.41, 5.74) is 8.43. The Hall–Kier alpha value is -1.39. The van der Waals surface area contributed by atoms with Crippen molar-refractivity contribution in [1.29, 1.82) is 0 Å². The van der Waals surface area contributed by atoms with Crippen LogP contribution >= 0.6 is 0 Å². The predicted molar refractivity (Wildman–Crippen MR) is 73.3 cm³/mol. The molecule has 0 atom stereocenters. The molecule has 0 unspecified atom stereocenters. The van der Waals surface area contributed by atoms with Crippen LogP contribution in [0.5, 0.6) is 0 Å². The van der Waals surface area contributed by atoms with Gasteiger partial charge in [0.1, 0.15) is 0 Å². The minimum atomic E-state index is -0.0108. The van der Waals surface area contributed by atoms with Crippen LogP contribution in [0.25, 0.3) is 10.9 Å². The summed E-state index contributed by atoms with van der Waals surface area (Å²) in [4.78, 5) is 2.36. The summed E-state index contributed by atoms with van der Waals surface area (Å²) in [5, 5.41) is 5.98. The maximum atomic E-state index is 6.04. The van der Waals surface area contributed by atoms with E-state index in [1.165, 1.54) is 16.6 Å². The Bertz CT molecular complexity index is 562. The summed E-state index contributed by atoms with van der Waals surface area (Å²) < 4.78 is 2.08. The van der Waals surface area contributed by atoms with Gasteiger partial charge in [-0.1, -0.05) is 18.2 Å². The monoisotopic (exact) mass is 244 g/mol. The Morgan fingerprint density at radius 1 is 1.33 bits per heavy atom. The SMILES string of the molecule is CCn1nc(CN2CC(C)(N)C2)c2ccccc21. The average Bonchev–Trinajstić information content (AvgIpc) is 2.66. The number of benzene rings is 1. The fourth-order valence-electron chi connectivity index (χ4n) is 2.85. The highest BCUT2D eigenvalue weighted by atomic mass is 15.3. The molecule has 1 aliphatic heterocycles. The highest BCUT2D eigenvalue weighted by Crippen LogP contribution is 2.24. The minimum Gasteiger partial charge on any atom is -0.323 e. The first-order valence-electron chi connectivity index (χ1n) is 6.55. The maximum Gasteiger partial charge on any atom is 0.0843 e. The molecule has 0 amide bonds. The van der Waals surface area contributed by atoms with E-state index in [0.29, 0.717) is 0 Å². The van der Waals surface area contributed by atoms with E-state index in [2.05, 4.69) is 47.7 Å². The van der Waals surface area contributed by atoms with Gasteiger partial charge in [0.05, 0.1) is 11.2 Å². The summed E-state index contributed by atoms with van der Waals surface area (Å²) in [7, 11) is 0. The van der Waals surface area contributed by atoms with Crippen LogP contribution in [0.2, 0.25) is 0 Å². The van der Waals surface area contributed by atoms with Crippen LogP contribution in [-0.4, -0.2) is 33.3 Å². The van der Waals surface area contributed by atoms with Gasteiger partial charge in [0.2, 0.25) is 0 Å². The van der Waals surface area contributed by atoms with E-state index in [1.54, 1.807) is 0 Å². The first kappa shape index (κ1) is 11.7. The maximum absolute atomic E-state index is 6.04. The topological polar surface area (TPSA) is 47.1 Å². The number of rotatable bonds is 3. The third-order valence-electron chi connectivity index (χ3n) is 3.58. The lowest BCUT2D eigenvalue weighted by Gasteiger charge is -2.45. The Kier molecular flexibility index (Phi) is 2.64. The number of nitrogens with zero attached hydrogens (tertiary/aromatic N) is 3. The second-order valence-corrected chi connectivity index (χ2v) is 5.58. The van der Waals surface area contributed by atoms with Crippen molar-refractivity contribution in [3.63, 3.8) is 0 Å². The third-order valence-corrected chi connectivity index (χ3v) is 3.58. The van der Waals surface area contributed by atoms with Crippen molar-refractivity contribution in [2.45, 2.75) is 32.5 Å². The van der Waals surface area contributed by atoms with Crippen molar-refractivity contribution in [3.8, 4) is 0 Å². The Balaban J connectivity index is 1.88. The molecular formula is C14H20N4. The van der Waals surface area contributed by atoms with Crippen molar-refractivity contribution in [1.82, 2.24) is 14.7 Å². The summed E-state index contributed by atoms with van der Waals surface area (Å²) in [5.74, 6) is 0. The fourth-order valence-corrected chi connectivity index (χ4v) is 2.85. The lowest BCUT2D eigenvalue weighted by molar-refractivity contribution is 0.0753. The van der Waals surface area contributed by atoms with Crippen LogP contribution in [-0.2, 0) is 13.1 Å². The van der Waals surface area contributed by atoms with Crippen molar-refractivity contribution in [3.05, 3.63) is 30.0 Å².